The van der Waals surface area contributed by atoms with E-state index >= 15 is 0 Å². The van der Waals surface area contributed by atoms with E-state index in [2.05, 4.69) is 15.2 Å². The molecule has 2 heterocycles. The quantitative estimate of drug-likeness (QED) is 0.656. The lowest BCUT2D eigenvalue weighted by Gasteiger charge is -2.17. The summed E-state index contributed by atoms with van der Waals surface area (Å²) in [5.74, 6) is -1.76. The highest BCUT2D eigenvalue weighted by atomic mass is 19.1. The predicted octanol–water partition coefficient (Wildman–Crippen LogP) is 3.33. The fourth-order valence-corrected chi connectivity index (χ4v) is 3.31. The number of nitrogens with one attached hydrogen (secondary N) is 1. The molecule has 1 atom stereocenters. The number of rotatable bonds is 4. The van der Waals surface area contributed by atoms with E-state index in [4.69, 9.17) is 4.74 Å². The first-order valence-electron chi connectivity index (χ1n) is 9.79. The Balaban J connectivity index is 1.44. The normalized spacial score (nSPS) is 16.2. The van der Waals surface area contributed by atoms with Gasteiger partial charge >= 0.3 is 0 Å². The highest BCUT2D eigenvalue weighted by Gasteiger charge is 2.28. The highest BCUT2D eigenvalue weighted by Crippen LogP contribution is 2.32. The van der Waals surface area contributed by atoms with Gasteiger partial charge in [-0.3, -0.25) is 14.7 Å². The summed E-state index contributed by atoms with van der Waals surface area (Å²) in [6.45, 7) is 2.02. The molecule has 0 bridgehead atoms. The van der Waals surface area contributed by atoms with Crippen molar-refractivity contribution in [3.63, 3.8) is 0 Å². The van der Waals surface area contributed by atoms with E-state index in [0.717, 1.165) is 11.3 Å². The first-order chi connectivity index (χ1) is 14.9. The van der Waals surface area contributed by atoms with Gasteiger partial charge in [0.05, 0.1) is 5.69 Å². The lowest BCUT2D eigenvalue weighted by molar-refractivity contribution is -0.120. The number of carbonyl (C=O) groups excluding carboxylic acids is 2. The number of anilines is 1. The second kappa shape index (κ2) is 8.51. The van der Waals surface area contributed by atoms with E-state index in [1.807, 2.05) is 31.2 Å². The number of aliphatic imine (C=N–C) groups is 1. The van der Waals surface area contributed by atoms with Gasteiger partial charge in [0, 0.05) is 31.4 Å². The number of nitrogens with zero attached hydrogens (tertiary/aromatic N) is 3. The molecule has 0 spiro atoms. The van der Waals surface area contributed by atoms with Crippen molar-refractivity contribution in [1.29, 1.82) is 0 Å². The maximum Gasteiger partial charge on any atom is 0.297 e. The Morgan fingerprint density at radius 3 is 2.84 bits per heavy atom. The molecular weight excluding hydrogens is 399 g/mol. The van der Waals surface area contributed by atoms with Crippen molar-refractivity contribution in [1.82, 2.24) is 10.2 Å². The zero-order valence-electron chi connectivity index (χ0n) is 17.1. The van der Waals surface area contributed by atoms with Crippen LogP contribution in [0.4, 0.5) is 10.1 Å². The number of H-pyrrole nitrogens is 1. The molecule has 0 fully saturated rings. The maximum atomic E-state index is 13.5. The van der Waals surface area contributed by atoms with Crippen LogP contribution in [0.15, 0.2) is 53.5 Å². The number of amides is 2. The number of carbonyl (C=O) groups is 2. The van der Waals surface area contributed by atoms with Gasteiger partial charge < -0.3 is 9.64 Å². The Bertz CT molecular complexity index is 1150. The van der Waals surface area contributed by atoms with Crippen LogP contribution in [-0.4, -0.2) is 41.9 Å². The van der Waals surface area contributed by atoms with Gasteiger partial charge in [-0.25, -0.2) is 9.38 Å². The average Bonchev–Trinajstić information content (AvgIpc) is 3.19. The van der Waals surface area contributed by atoms with Crippen molar-refractivity contribution in [2.45, 2.75) is 13.3 Å². The molecule has 158 valence electrons. The van der Waals surface area contributed by atoms with E-state index in [9.17, 15) is 14.0 Å². The maximum absolute atomic E-state index is 13.5. The summed E-state index contributed by atoms with van der Waals surface area (Å²) in [5.41, 5.74) is 3.55. The van der Waals surface area contributed by atoms with Crippen molar-refractivity contribution in [2.75, 3.05) is 18.6 Å². The second-order valence-corrected chi connectivity index (χ2v) is 7.45. The summed E-state index contributed by atoms with van der Waals surface area (Å²) in [7, 11) is 1.53. The van der Waals surface area contributed by atoms with E-state index < -0.39 is 17.6 Å². The van der Waals surface area contributed by atoms with E-state index in [-0.39, 0.29) is 18.2 Å². The van der Waals surface area contributed by atoms with Crippen LogP contribution in [0.2, 0.25) is 0 Å². The number of ether oxygens (including phenoxy) is 1. The average molecular weight is 420 g/mol. The third-order valence-corrected chi connectivity index (χ3v) is 5.09. The lowest BCUT2D eigenvalue weighted by Crippen LogP contribution is -2.34. The van der Waals surface area contributed by atoms with Crippen LogP contribution in [0.5, 0.6) is 5.75 Å². The number of aromatic nitrogens is 2. The van der Waals surface area contributed by atoms with Crippen LogP contribution in [-0.2, 0) is 11.2 Å². The summed E-state index contributed by atoms with van der Waals surface area (Å²) in [4.78, 5) is 30.4. The Hall–Kier alpha value is -3.81. The van der Waals surface area contributed by atoms with Crippen LogP contribution in [0.3, 0.4) is 0 Å². The zero-order chi connectivity index (χ0) is 22.0. The minimum absolute atomic E-state index is 0.00216. The van der Waals surface area contributed by atoms with Gasteiger partial charge in [-0.2, -0.15) is 5.10 Å². The molecule has 4 rings (SSSR count). The number of hydrogen-bond acceptors (Lipinski definition) is 4. The topological polar surface area (TPSA) is 87.7 Å². The zero-order valence-corrected chi connectivity index (χ0v) is 17.1. The van der Waals surface area contributed by atoms with Gasteiger partial charge in [0.25, 0.3) is 5.91 Å². The molecule has 3 aromatic rings. The Kier molecular flexibility index (Phi) is 5.62. The molecule has 1 unspecified atom stereocenters. The van der Waals surface area contributed by atoms with Crippen molar-refractivity contribution >= 4 is 23.7 Å². The number of halogens is 1. The summed E-state index contributed by atoms with van der Waals surface area (Å²) in [6, 6.07) is 13.7. The molecule has 1 N–H and O–H groups in total. The SMILES string of the molecule is Cc1ccc(Cc2cc(C(=O)N=CC3COc4ccc(F)cc4N(C)C3=O)n[nH]2)cc1. The third-order valence-electron chi connectivity index (χ3n) is 5.09. The third kappa shape index (κ3) is 4.53. The Morgan fingerprint density at radius 2 is 2.06 bits per heavy atom. The van der Waals surface area contributed by atoms with E-state index in [1.54, 1.807) is 6.07 Å². The predicted molar refractivity (Wildman–Crippen MR) is 114 cm³/mol. The van der Waals surface area contributed by atoms with Gasteiger partial charge in [0.1, 0.15) is 24.1 Å². The van der Waals surface area contributed by atoms with E-state index in [1.165, 1.54) is 41.9 Å². The van der Waals surface area contributed by atoms with Crippen LogP contribution in [0.1, 0.15) is 27.3 Å². The Morgan fingerprint density at radius 1 is 1.29 bits per heavy atom. The number of aryl methyl sites for hydroxylation is 1. The van der Waals surface area contributed by atoms with Crippen molar-refractivity contribution in [3.8, 4) is 5.75 Å². The number of fused-ring (bicyclic) bond motifs is 1. The molecular formula is C23H21FN4O3. The second-order valence-electron chi connectivity index (χ2n) is 7.45. The molecule has 0 saturated carbocycles. The number of benzene rings is 2. The molecule has 1 aliphatic heterocycles. The molecule has 2 aromatic carbocycles. The minimum atomic E-state index is -0.782. The molecule has 1 aromatic heterocycles. The summed E-state index contributed by atoms with van der Waals surface area (Å²) in [5, 5.41) is 6.88. The van der Waals surface area contributed by atoms with Gasteiger partial charge in [0.2, 0.25) is 5.91 Å². The minimum Gasteiger partial charge on any atom is -0.490 e. The molecule has 1 aliphatic rings. The fourth-order valence-electron chi connectivity index (χ4n) is 3.31. The standard InChI is InChI=1S/C23H21FN4O3/c1-14-3-5-15(6-4-14)9-18-11-19(27-26-18)22(29)25-12-16-13-31-21-8-7-17(24)10-20(21)28(2)23(16)30/h3-8,10-12,16H,9,13H2,1-2H3,(H,26,27). The van der Waals surface area contributed by atoms with Crippen LogP contribution in [0, 0.1) is 18.7 Å². The highest BCUT2D eigenvalue weighted by molar-refractivity contribution is 6.07. The van der Waals surface area contributed by atoms with Crippen molar-refractivity contribution < 1.29 is 18.7 Å². The van der Waals surface area contributed by atoms with Gasteiger partial charge in [-0.15, -0.1) is 0 Å². The Labute approximate surface area is 178 Å². The first-order valence-corrected chi connectivity index (χ1v) is 9.79. The van der Waals surface area contributed by atoms with Gasteiger partial charge in [-0.1, -0.05) is 29.8 Å². The molecule has 0 saturated heterocycles. The van der Waals surface area contributed by atoms with Crippen LogP contribution >= 0.6 is 0 Å². The fraction of sp³-hybridized carbons (Fsp3) is 0.217. The summed E-state index contributed by atoms with van der Waals surface area (Å²) < 4.78 is 19.2. The molecule has 8 heteroatoms. The molecule has 31 heavy (non-hydrogen) atoms. The summed E-state index contributed by atoms with van der Waals surface area (Å²) >= 11 is 0. The monoisotopic (exact) mass is 420 g/mol. The molecule has 0 radical (unpaired) electrons. The van der Waals surface area contributed by atoms with Gasteiger partial charge in [0.15, 0.2) is 5.69 Å². The molecule has 7 nitrogen and oxygen atoms in total. The first kappa shape index (κ1) is 20.5. The lowest BCUT2D eigenvalue weighted by atomic mass is 10.1. The number of aromatic amines is 1. The smallest absolute Gasteiger partial charge is 0.297 e. The number of hydrogen-bond donors (Lipinski definition) is 1. The summed E-state index contributed by atoms with van der Waals surface area (Å²) in [6.07, 6.45) is 1.87. The van der Waals surface area contributed by atoms with E-state index in [0.29, 0.717) is 17.9 Å². The van der Waals surface area contributed by atoms with Gasteiger partial charge in [-0.05, 0) is 30.7 Å². The van der Waals surface area contributed by atoms with Crippen molar-refractivity contribution in [3.05, 3.63) is 76.9 Å². The van der Waals surface area contributed by atoms with Crippen molar-refractivity contribution in [2.24, 2.45) is 10.9 Å². The van der Waals surface area contributed by atoms with Crippen LogP contribution in [0.25, 0.3) is 0 Å². The molecule has 2 amide bonds. The molecule has 0 aliphatic carbocycles. The largest absolute Gasteiger partial charge is 0.490 e. The van der Waals surface area contributed by atoms with Crippen LogP contribution < -0.4 is 9.64 Å².